The summed E-state index contributed by atoms with van der Waals surface area (Å²) in [5.74, 6) is -0.278. The third kappa shape index (κ3) is 4.90. The predicted octanol–water partition coefficient (Wildman–Crippen LogP) is 4.37. The summed E-state index contributed by atoms with van der Waals surface area (Å²) in [6, 6.07) is 6.46. The van der Waals surface area contributed by atoms with Crippen molar-refractivity contribution in [3.8, 4) is 5.75 Å². The van der Waals surface area contributed by atoms with Gasteiger partial charge in [-0.2, -0.15) is 13.2 Å². The first kappa shape index (κ1) is 21.0. The van der Waals surface area contributed by atoms with Crippen LogP contribution in [0.3, 0.4) is 0 Å². The van der Waals surface area contributed by atoms with Gasteiger partial charge in [0.2, 0.25) is 5.91 Å². The monoisotopic (exact) mass is 397 g/mol. The van der Waals surface area contributed by atoms with Crippen molar-refractivity contribution >= 4 is 23.0 Å². The number of nitrogens with one attached hydrogen (secondary N) is 2. The summed E-state index contributed by atoms with van der Waals surface area (Å²) < 4.78 is 44.9. The van der Waals surface area contributed by atoms with E-state index in [1.54, 1.807) is 18.2 Å². The van der Waals surface area contributed by atoms with Crippen LogP contribution >= 0.6 is 0 Å². The molecule has 0 radical (unpaired) electrons. The molecular weight excluding hydrogens is 379 g/mol. The van der Waals surface area contributed by atoms with Crippen molar-refractivity contribution in [2.75, 3.05) is 17.7 Å². The molecule has 1 amide bonds. The van der Waals surface area contributed by atoms with Crippen LogP contribution in [0.5, 0.6) is 5.75 Å². The van der Waals surface area contributed by atoms with Gasteiger partial charge in [0.15, 0.2) is 0 Å². The number of anilines is 2. The summed E-state index contributed by atoms with van der Waals surface area (Å²) in [7, 11) is 1.45. The molecule has 0 spiro atoms. The fraction of sp³-hybridized carbons (Fsp3) is 0.278. The van der Waals surface area contributed by atoms with E-state index in [1.165, 1.54) is 14.0 Å². The molecule has 0 saturated heterocycles. The van der Waals surface area contributed by atoms with E-state index in [9.17, 15) is 28.1 Å². The highest BCUT2D eigenvalue weighted by atomic mass is 19.4. The summed E-state index contributed by atoms with van der Waals surface area (Å²) in [6.07, 6.45) is -4.87. The van der Waals surface area contributed by atoms with Crippen LogP contribution in [-0.4, -0.2) is 24.0 Å². The molecule has 2 rings (SSSR count). The van der Waals surface area contributed by atoms with Crippen LogP contribution in [0.2, 0.25) is 0 Å². The van der Waals surface area contributed by atoms with Crippen molar-refractivity contribution in [3.63, 3.8) is 0 Å². The minimum atomic E-state index is -4.87. The zero-order valence-corrected chi connectivity index (χ0v) is 15.3. The van der Waals surface area contributed by atoms with Crippen LogP contribution in [0.25, 0.3) is 0 Å². The minimum Gasteiger partial charge on any atom is -0.495 e. The number of hydrogen-bond donors (Lipinski definition) is 2. The van der Waals surface area contributed by atoms with Crippen molar-refractivity contribution in [2.45, 2.75) is 26.1 Å². The maximum absolute atomic E-state index is 13.2. The SMILES string of the molecule is COc1ccc(C)cc1N[C@H](C)C(=O)Nc1ccc([N+](=O)[O-])cc1C(F)(F)F. The van der Waals surface area contributed by atoms with Gasteiger partial charge in [0.05, 0.1) is 29.0 Å². The van der Waals surface area contributed by atoms with E-state index in [0.29, 0.717) is 17.5 Å². The molecule has 2 aromatic carbocycles. The molecule has 7 nitrogen and oxygen atoms in total. The standard InChI is InChI=1S/C18H18F3N3O4/c1-10-4-7-16(28-3)15(8-10)22-11(2)17(25)23-14-6-5-12(24(26)27)9-13(14)18(19,20)21/h4-9,11,22H,1-3H3,(H,23,25)/t11-/m1/s1. The number of alkyl halides is 3. The second-order valence-corrected chi connectivity index (χ2v) is 6.04. The van der Waals surface area contributed by atoms with Crippen molar-refractivity contribution in [1.29, 1.82) is 0 Å². The second kappa shape index (κ2) is 8.15. The summed E-state index contributed by atoms with van der Waals surface area (Å²) in [5.41, 5.74) is -1.18. The molecule has 0 bridgehead atoms. The number of carbonyl (C=O) groups excluding carboxylic acids is 1. The normalized spacial score (nSPS) is 12.2. The van der Waals surface area contributed by atoms with Gasteiger partial charge in [-0.3, -0.25) is 14.9 Å². The van der Waals surface area contributed by atoms with E-state index in [1.807, 2.05) is 6.92 Å². The molecule has 0 aliphatic carbocycles. The number of amides is 1. The minimum absolute atomic E-state index is 0.386. The van der Waals surface area contributed by atoms with Gasteiger partial charge < -0.3 is 15.4 Å². The fourth-order valence-corrected chi connectivity index (χ4v) is 2.46. The van der Waals surface area contributed by atoms with Gasteiger partial charge >= 0.3 is 6.18 Å². The van der Waals surface area contributed by atoms with E-state index in [2.05, 4.69) is 10.6 Å². The number of nitro benzene ring substituents is 1. The molecule has 0 saturated carbocycles. The van der Waals surface area contributed by atoms with Gasteiger partial charge in [-0.1, -0.05) is 6.07 Å². The molecule has 0 aliphatic heterocycles. The van der Waals surface area contributed by atoms with Gasteiger partial charge in [-0.05, 0) is 37.6 Å². The smallest absolute Gasteiger partial charge is 0.418 e. The van der Waals surface area contributed by atoms with Crippen LogP contribution in [0, 0.1) is 17.0 Å². The van der Waals surface area contributed by atoms with Crippen LogP contribution in [-0.2, 0) is 11.0 Å². The molecule has 2 aromatic rings. The molecule has 150 valence electrons. The van der Waals surface area contributed by atoms with Crippen molar-refractivity contribution < 1.29 is 27.6 Å². The van der Waals surface area contributed by atoms with Gasteiger partial charge in [0.25, 0.3) is 5.69 Å². The topological polar surface area (TPSA) is 93.5 Å². The molecule has 2 N–H and O–H groups in total. The Morgan fingerprint density at radius 3 is 2.43 bits per heavy atom. The number of nitrogens with zero attached hydrogens (tertiary/aromatic N) is 1. The van der Waals surface area contributed by atoms with E-state index in [4.69, 9.17) is 4.74 Å². The molecule has 0 heterocycles. The molecule has 0 fully saturated rings. The van der Waals surface area contributed by atoms with E-state index < -0.39 is 40.0 Å². The van der Waals surface area contributed by atoms with Gasteiger partial charge in [0.1, 0.15) is 11.8 Å². The number of aryl methyl sites for hydroxylation is 1. The van der Waals surface area contributed by atoms with Crippen LogP contribution < -0.4 is 15.4 Å². The summed E-state index contributed by atoms with van der Waals surface area (Å²) in [6.45, 7) is 3.30. The van der Waals surface area contributed by atoms with Crippen LogP contribution in [0.15, 0.2) is 36.4 Å². The number of hydrogen-bond acceptors (Lipinski definition) is 5. The molecule has 1 atom stereocenters. The van der Waals surface area contributed by atoms with Crippen molar-refractivity contribution in [3.05, 3.63) is 57.6 Å². The summed E-state index contributed by atoms with van der Waals surface area (Å²) in [5, 5.41) is 15.8. The molecule has 10 heteroatoms. The first-order valence-corrected chi connectivity index (χ1v) is 8.10. The Kier molecular flexibility index (Phi) is 6.12. The Bertz CT molecular complexity index is 900. The third-order valence-electron chi connectivity index (χ3n) is 3.90. The number of methoxy groups -OCH3 is 1. The third-order valence-corrected chi connectivity index (χ3v) is 3.90. The Morgan fingerprint density at radius 2 is 1.86 bits per heavy atom. The predicted molar refractivity (Wildman–Crippen MR) is 97.5 cm³/mol. The van der Waals surface area contributed by atoms with E-state index in [-0.39, 0.29) is 0 Å². The largest absolute Gasteiger partial charge is 0.495 e. The van der Waals surface area contributed by atoms with E-state index >= 15 is 0 Å². The van der Waals surface area contributed by atoms with Crippen molar-refractivity contribution in [2.24, 2.45) is 0 Å². The molecule has 28 heavy (non-hydrogen) atoms. The maximum atomic E-state index is 13.2. The highest BCUT2D eigenvalue weighted by Gasteiger charge is 2.36. The van der Waals surface area contributed by atoms with Crippen LogP contribution in [0.4, 0.5) is 30.2 Å². The first-order valence-electron chi connectivity index (χ1n) is 8.10. The first-order chi connectivity index (χ1) is 13.0. The Balaban J connectivity index is 2.25. The van der Waals surface area contributed by atoms with Gasteiger partial charge in [-0.15, -0.1) is 0 Å². The lowest BCUT2D eigenvalue weighted by molar-refractivity contribution is -0.385. The Hall–Kier alpha value is -3.30. The number of ether oxygens (including phenoxy) is 1. The fourth-order valence-electron chi connectivity index (χ4n) is 2.46. The number of rotatable bonds is 6. The molecule has 0 aliphatic rings. The number of halogens is 3. The molecule has 0 aromatic heterocycles. The summed E-state index contributed by atoms with van der Waals surface area (Å²) >= 11 is 0. The summed E-state index contributed by atoms with van der Waals surface area (Å²) in [4.78, 5) is 22.2. The highest BCUT2D eigenvalue weighted by molar-refractivity contribution is 5.97. The second-order valence-electron chi connectivity index (χ2n) is 6.04. The molecular formula is C18H18F3N3O4. The van der Waals surface area contributed by atoms with Gasteiger partial charge in [0, 0.05) is 12.1 Å². The number of carbonyl (C=O) groups is 1. The van der Waals surface area contributed by atoms with Crippen molar-refractivity contribution in [1.82, 2.24) is 0 Å². The maximum Gasteiger partial charge on any atom is 0.418 e. The number of benzene rings is 2. The average molecular weight is 397 g/mol. The lowest BCUT2D eigenvalue weighted by Crippen LogP contribution is -2.32. The number of non-ortho nitro benzene ring substituents is 1. The lowest BCUT2D eigenvalue weighted by Gasteiger charge is -2.19. The zero-order valence-electron chi connectivity index (χ0n) is 15.3. The van der Waals surface area contributed by atoms with Crippen LogP contribution in [0.1, 0.15) is 18.1 Å². The van der Waals surface area contributed by atoms with E-state index in [0.717, 1.165) is 17.7 Å². The zero-order chi connectivity index (χ0) is 21.1. The Morgan fingerprint density at radius 1 is 1.18 bits per heavy atom. The number of nitro groups is 1. The van der Waals surface area contributed by atoms with Gasteiger partial charge in [-0.25, -0.2) is 0 Å². The molecule has 0 unspecified atom stereocenters. The lowest BCUT2D eigenvalue weighted by atomic mass is 10.1. The average Bonchev–Trinajstić information content (AvgIpc) is 2.61. The quantitative estimate of drug-likeness (QED) is 0.558. The highest BCUT2D eigenvalue weighted by Crippen LogP contribution is 2.37. The Labute approximate surface area is 158 Å².